The summed E-state index contributed by atoms with van der Waals surface area (Å²) in [5.74, 6) is -0.601. The third-order valence-electron chi connectivity index (χ3n) is 2.57. The van der Waals surface area contributed by atoms with Gasteiger partial charge in [0.05, 0.1) is 4.91 Å². The summed E-state index contributed by atoms with van der Waals surface area (Å²) in [5.41, 5.74) is 0.615. The van der Waals surface area contributed by atoms with Gasteiger partial charge in [0.2, 0.25) is 5.91 Å². The highest BCUT2D eigenvalue weighted by Crippen LogP contribution is 2.29. The first-order valence-electron chi connectivity index (χ1n) is 5.72. The van der Waals surface area contributed by atoms with Crippen LogP contribution in [0, 0.1) is 0 Å². The number of anilines is 1. The number of carbonyl (C=O) groups is 2. The standard InChI is InChI=1S/C13H12ClN3O2S.ClH/c1-15-13-17(2)12(19)10(20-13)7-11(18)16-9-5-3-8(14)4-6-9;/h3-7H,1-2H3,(H,16,18);1H/b10-7+,15-13?;. The summed E-state index contributed by atoms with van der Waals surface area (Å²) in [4.78, 5) is 29.4. The number of hydrogen-bond donors (Lipinski definition) is 1. The lowest BCUT2D eigenvalue weighted by Gasteiger charge is -2.05. The van der Waals surface area contributed by atoms with E-state index in [-0.39, 0.29) is 24.2 Å². The van der Waals surface area contributed by atoms with Gasteiger partial charge < -0.3 is 5.32 Å². The normalized spacial score (nSPS) is 18.0. The molecule has 1 saturated heterocycles. The molecule has 0 saturated carbocycles. The second-order valence-corrected chi connectivity index (χ2v) is 5.42. The molecule has 5 nitrogen and oxygen atoms in total. The summed E-state index contributed by atoms with van der Waals surface area (Å²) in [5, 5.41) is 3.83. The van der Waals surface area contributed by atoms with Crippen molar-refractivity contribution in [2.75, 3.05) is 19.4 Å². The molecule has 0 radical (unpaired) electrons. The Balaban J connectivity index is 0.00000220. The SMILES string of the molecule is CN=C1S/C(=C/C(=O)Nc2ccc(Cl)cc2)C(=O)N1C.Cl. The predicted molar refractivity (Wildman–Crippen MR) is 89.1 cm³/mol. The molecule has 0 aromatic heterocycles. The van der Waals surface area contributed by atoms with E-state index in [1.165, 1.54) is 22.7 Å². The minimum atomic E-state index is -0.367. The molecule has 2 rings (SSSR count). The van der Waals surface area contributed by atoms with Crippen molar-refractivity contribution in [2.24, 2.45) is 4.99 Å². The summed E-state index contributed by atoms with van der Waals surface area (Å²) < 4.78 is 0. The van der Waals surface area contributed by atoms with Crippen LogP contribution >= 0.6 is 35.8 Å². The molecular formula is C13H13Cl2N3O2S. The van der Waals surface area contributed by atoms with Crippen molar-refractivity contribution in [3.63, 3.8) is 0 Å². The minimum absolute atomic E-state index is 0. The third-order valence-corrected chi connectivity index (χ3v) is 3.97. The Kier molecular flexibility index (Phi) is 6.26. The van der Waals surface area contributed by atoms with Crippen molar-refractivity contribution < 1.29 is 9.59 Å². The van der Waals surface area contributed by atoms with Gasteiger partial charge in [-0.2, -0.15) is 0 Å². The number of amides is 2. The second kappa shape index (κ2) is 7.49. The number of carbonyl (C=O) groups excluding carboxylic acids is 2. The Morgan fingerprint density at radius 3 is 2.52 bits per heavy atom. The van der Waals surface area contributed by atoms with Crippen LogP contribution < -0.4 is 5.32 Å². The van der Waals surface area contributed by atoms with Gasteiger partial charge in [-0.25, -0.2) is 0 Å². The molecular weight excluding hydrogens is 333 g/mol. The number of aliphatic imine (C=N–C) groups is 1. The van der Waals surface area contributed by atoms with E-state index in [9.17, 15) is 9.59 Å². The number of likely N-dealkylation sites (N-methyl/N-ethyl adjacent to an activating group) is 1. The van der Waals surface area contributed by atoms with E-state index < -0.39 is 0 Å². The molecule has 112 valence electrons. The monoisotopic (exact) mass is 345 g/mol. The van der Waals surface area contributed by atoms with Crippen LogP contribution in [0.5, 0.6) is 0 Å². The predicted octanol–water partition coefficient (Wildman–Crippen LogP) is 2.78. The van der Waals surface area contributed by atoms with E-state index in [0.717, 1.165) is 0 Å². The maximum Gasteiger partial charge on any atom is 0.266 e. The zero-order valence-corrected chi connectivity index (χ0v) is 13.7. The number of amidine groups is 1. The maximum absolute atomic E-state index is 11.9. The lowest BCUT2D eigenvalue weighted by Crippen LogP contribution is -2.24. The minimum Gasteiger partial charge on any atom is -0.322 e. The van der Waals surface area contributed by atoms with Gasteiger partial charge in [-0.05, 0) is 36.0 Å². The average molecular weight is 346 g/mol. The molecule has 8 heteroatoms. The van der Waals surface area contributed by atoms with Crippen molar-refractivity contribution in [1.29, 1.82) is 0 Å². The lowest BCUT2D eigenvalue weighted by molar-refractivity contribution is -0.121. The van der Waals surface area contributed by atoms with Crippen molar-refractivity contribution in [1.82, 2.24) is 4.90 Å². The summed E-state index contributed by atoms with van der Waals surface area (Å²) in [6.07, 6.45) is 1.27. The topological polar surface area (TPSA) is 61.8 Å². The number of thioether (sulfide) groups is 1. The van der Waals surface area contributed by atoms with E-state index in [1.54, 1.807) is 38.4 Å². The molecule has 2 amide bonds. The number of hydrogen-bond acceptors (Lipinski definition) is 4. The molecule has 0 aliphatic carbocycles. The average Bonchev–Trinajstić information content (AvgIpc) is 2.69. The number of halogens is 2. The van der Waals surface area contributed by atoms with Gasteiger partial charge in [0, 0.05) is 30.9 Å². The largest absolute Gasteiger partial charge is 0.322 e. The van der Waals surface area contributed by atoms with Crippen molar-refractivity contribution >= 4 is 58.4 Å². The van der Waals surface area contributed by atoms with Crippen molar-refractivity contribution in [2.45, 2.75) is 0 Å². The fourth-order valence-electron chi connectivity index (χ4n) is 1.58. The molecule has 0 unspecified atom stereocenters. The fourth-order valence-corrected chi connectivity index (χ4v) is 2.60. The zero-order valence-electron chi connectivity index (χ0n) is 11.3. The molecule has 1 aromatic rings. The Hall–Kier alpha value is -1.50. The Bertz CT molecular complexity index is 614. The van der Waals surface area contributed by atoms with Crippen LogP contribution in [-0.2, 0) is 9.59 Å². The van der Waals surface area contributed by atoms with Crippen LogP contribution in [0.1, 0.15) is 0 Å². The first kappa shape index (κ1) is 17.6. The van der Waals surface area contributed by atoms with Crippen LogP contribution in [0.15, 0.2) is 40.2 Å². The van der Waals surface area contributed by atoms with Crippen LogP contribution in [0.2, 0.25) is 5.02 Å². The van der Waals surface area contributed by atoms with Crippen LogP contribution in [0.4, 0.5) is 5.69 Å². The summed E-state index contributed by atoms with van der Waals surface area (Å²) in [6.45, 7) is 0. The van der Waals surface area contributed by atoms with Crippen LogP contribution in [0.3, 0.4) is 0 Å². The highest BCUT2D eigenvalue weighted by molar-refractivity contribution is 8.18. The first-order valence-corrected chi connectivity index (χ1v) is 6.91. The smallest absolute Gasteiger partial charge is 0.266 e. The van der Waals surface area contributed by atoms with Gasteiger partial charge in [0.1, 0.15) is 0 Å². The molecule has 0 atom stereocenters. The molecule has 1 aromatic carbocycles. The van der Waals surface area contributed by atoms with E-state index >= 15 is 0 Å². The number of benzene rings is 1. The highest BCUT2D eigenvalue weighted by atomic mass is 35.5. The molecule has 1 fully saturated rings. The van der Waals surface area contributed by atoms with Crippen molar-refractivity contribution in [3.05, 3.63) is 40.3 Å². The van der Waals surface area contributed by atoms with Crippen LogP contribution in [0.25, 0.3) is 0 Å². The molecule has 0 spiro atoms. The summed E-state index contributed by atoms with van der Waals surface area (Å²) in [7, 11) is 3.22. The first-order chi connectivity index (χ1) is 9.51. The van der Waals surface area contributed by atoms with E-state index in [1.807, 2.05) is 0 Å². The van der Waals surface area contributed by atoms with Gasteiger partial charge in [-0.1, -0.05) is 11.6 Å². The fraction of sp³-hybridized carbons (Fsp3) is 0.154. The zero-order chi connectivity index (χ0) is 14.7. The number of nitrogens with one attached hydrogen (secondary N) is 1. The third kappa shape index (κ3) is 4.23. The highest BCUT2D eigenvalue weighted by Gasteiger charge is 2.30. The van der Waals surface area contributed by atoms with Gasteiger partial charge in [0.25, 0.3) is 5.91 Å². The molecule has 1 N–H and O–H groups in total. The lowest BCUT2D eigenvalue weighted by atomic mass is 10.3. The Morgan fingerprint density at radius 1 is 1.38 bits per heavy atom. The summed E-state index contributed by atoms with van der Waals surface area (Å²) in [6, 6.07) is 6.73. The molecule has 1 aliphatic heterocycles. The van der Waals surface area contributed by atoms with Gasteiger partial charge in [-0.3, -0.25) is 19.5 Å². The number of nitrogens with zero attached hydrogens (tertiary/aromatic N) is 2. The van der Waals surface area contributed by atoms with Gasteiger partial charge in [0.15, 0.2) is 5.17 Å². The molecule has 21 heavy (non-hydrogen) atoms. The second-order valence-electron chi connectivity index (χ2n) is 3.98. The molecule has 0 bridgehead atoms. The Labute approximate surface area is 137 Å². The van der Waals surface area contributed by atoms with Crippen LogP contribution in [-0.4, -0.2) is 36.0 Å². The van der Waals surface area contributed by atoms with Crippen molar-refractivity contribution in [3.8, 4) is 0 Å². The van der Waals surface area contributed by atoms with Gasteiger partial charge >= 0.3 is 0 Å². The van der Waals surface area contributed by atoms with E-state index in [2.05, 4.69) is 10.3 Å². The molecule has 1 heterocycles. The summed E-state index contributed by atoms with van der Waals surface area (Å²) >= 11 is 6.94. The number of rotatable bonds is 2. The maximum atomic E-state index is 11.9. The van der Waals surface area contributed by atoms with E-state index in [0.29, 0.717) is 20.8 Å². The van der Waals surface area contributed by atoms with E-state index in [4.69, 9.17) is 11.6 Å². The van der Waals surface area contributed by atoms with Gasteiger partial charge in [-0.15, -0.1) is 12.4 Å². The molecule has 1 aliphatic rings. The Morgan fingerprint density at radius 2 is 2.00 bits per heavy atom. The quantitative estimate of drug-likeness (QED) is 0.838.